The van der Waals surface area contributed by atoms with E-state index in [-0.39, 0.29) is 11.7 Å². The van der Waals surface area contributed by atoms with Gasteiger partial charge in [-0.25, -0.2) is 14.1 Å². The Morgan fingerprint density at radius 2 is 2.09 bits per heavy atom. The molecule has 6 rings (SSSR count). The first kappa shape index (κ1) is 20.6. The summed E-state index contributed by atoms with van der Waals surface area (Å²) in [5.74, 6) is 1.12. The van der Waals surface area contributed by atoms with Crippen LogP contribution in [-0.2, 0) is 13.0 Å². The highest BCUT2D eigenvalue weighted by atomic mass is 19.1. The van der Waals surface area contributed by atoms with Crippen LogP contribution in [0, 0.1) is 5.82 Å². The van der Waals surface area contributed by atoms with Crippen molar-refractivity contribution in [3.63, 3.8) is 0 Å². The Labute approximate surface area is 195 Å². The van der Waals surface area contributed by atoms with E-state index >= 15 is 4.39 Å². The first-order chi connectivity index (χ1) is 16.6. The van der Waals surface area contributed by atoms with Gasteiger partial charge < -0.3 is 15.2 Å². The smallest absolute Gasteiger partial charge is 0.251 e. The predicted octanol–water partition coefficient (Wildman–Crippen LogP) is 4.20. The third-order valence-corrected chi connectivity index (χ3v) is 6.34. The van der Waals surface area contributed by atoms with E-state index in [2.05, 4.69) is 25.7 Å². The van der Waals surface area contributed by atoms with Gasteiger partial charge in [-0.3, -0.25) is 4.79 Å². The topological polar surface area (TPSA) is 89.7 Å². The van der Waals surface area contributed by atoms with Crippen molar-refractivity contribution < 1.29 is 9.18 Å². The Hall–Kier alpha value is -4.01. The molecule has 1 aliphatic carbocycles. The molecule has 3 heterocycles. The molecule has 1 amide bonds. The third kappa shape index (κ3) is 3.72. The zero-order chi connectivity index (χ0) is 23.2. The number of carbonyl (C=O) groups is 1. The van der Waals surface area contributed by atoms with Crippen molar-refractivity contribution in [3.8, 4) is 17.1 Å². The van der Waals surface area contributed by atoms with Crippen molar-refractivity contribution in [2.24, 2.45) is 0 Å². The molecule has 2 aliphatic rings. The summed E-state index contributed by atoms with van der Waals surface area (Å²) in [5, 5.41) is 10.7. The van der Waals surface area contributed by atoms with E-state index in [0.29, 0.717) is 47.6 Å². The second-order valence-corrected chi connectivity index (χ2v) is 8.72. The van der Waals surface area contributed by atoms with Gasteiger partial charge in [-0.2, -0.15) is 4.98 Å². The predicted molar refractivity (Wildman–Crippen MR) is 126 cm³/mol. The van der Waals surface area contributed by atoms with Crippen LogP contribution >= 0.6 is 0 Å². The number of halogens is 1. The highest BCUT2D eigenvalue weighted by molar-refractivity contribution is 5.97. The monoisotopic (exact) mass is 457 g/mol. The molecule has 0 unspecified atom stereocenters. The second kappa shape index (κ2) is 8.09. The summed E-state index contributed by atoms with van der Waals surface area (Å²) in [6.07, 6.45) is 6.67. The van der Waals surface area contributed by atoms with Gasteiger partial charge in [0, 0.05) is 42.0 Å². The Balaban J connectivity index is 1.27. The van der Waals surface area contributed by atoms with Gasteiger partial charge in [0.15, 0.2) is 5.82 Å². The zero-order valence-electron chi connectivity index (χ0n) is 18.8. The van der Waals surface area contributed by atoms with Crippen molar-refractivity contribution >= 4 is 17.5 Å². The second-order valence-electron chi connectivity index (χ2n) is 8.72. The number of fused-ring (bicyclic) bond motifs is 1. The molecule has 172 valence electrons. The van der Waals surface area contributed by atoms with Gasteiger partial charge in [0.25, 0.3) is 5.91 Å². The fourth-order valence-electron chi connectivity index (χ4n) is 4.33. The van der Waals surface area contributed by atoms with Crippen LogP contribution < -0.4 is 10.6 Å². The number of amides is 1. The largest absolute Gasteiger partial charge is 0.352 e. The highest BCUT2D eigenvalue weighted by Crippen LogP contribution is 2.39. The minimum Gasteiger partial charge on any atom is -0.352 e. The lowest BCUT2D eigenvalue weighted by Gasteiger charge is -2.17. The third-order valence-electron chi connectivity index (χ3n) is 6.34. The van der Waals surface area contributed by atoms with E-state index in [4.69, 9.17) is 0 Å². The van der Waals surface area contributed by atoms with Gasteiger partial charge in [-0.1, -0.05) is 0 Å². The normalized spacial score (nSPS) is 15.2. The quantitative estimate of drug-likeness (QED) is 0.453. The van der Waals surface area contributed by atoms with Gasteiger partial charge in [-0.05, 0) is 68.1 Å². The van der Waals surface area contributed by atoms with Crippen LogP contribution in [0.15, 0.2) is 48.9 Å². The number of aryl methyl sites for hydroxylation is 1. The number of carbonyl (C=O) groups excluding carboxylic acids is 1. The van der Waals surface area contributed by atoms with Gasteiger partial charge in [-0.15, -0.1) is 5.10 Å². The molecule has 9 heteroatoms. The number of benzene rings is 2. The molecule has 4 aromatic rings. The molecular weight excluding hydrogens is 433 g/mol. The molecule has 0 spiro atoms. The van der Waals surface area contributed by atoms with Crippen molar-refractivity contribution in [1.29, 1.82) is 0 Å². The summed E-state index contributed by atoms with van der Waals surface area (Å²) in [4.78, 5) is 21.0. The molecular formula is C25H24FN7O. The van der Waals surface area contributed by atoms with Crippen LogP contribution in [0.5, 0.6) is 0 Å². The molecule has 2 aromatic carbocycles. The Morgan fingerprint density at radius 1 is 1.21 bits per heavy atom. The van der Waals surface area contributed by atoms with E-state index in [1.165, 1.54) is 6.07 Å². The summed E-state index contributed by atoms with van der Waals surface area (Å²) in [7, 11) is 0. The summed E-state index contributed by atoms with van der Waals surface area (Å²) >= 11 is 0. The maximum absolute atomic E-state index is 15.0. The van der Waals surface area contributed by atoms with Crippen LogP contribution in [0.4, 0.5) is 16.0 Å². The standard InChI is InChI=1S/C25H24FN7O/c1-2-33-25(29-18-6-7-19-16(11-18)9-10-27-24(19)34)30-23(31-33)17-5-8-22(20(26)12-17)32-13-21(28-14-32)15-3-4-15/h5-8,11-15H,2-4,9-10H2,1H3,(H,27,34)(H,29,30,31). The molecule has 8 nitrogen and oxygen atoms in total. The Morgan fingerprint density at radius 3 is 2.88 bits per heavy atom. The molecule has 34 heavy (non-hydrogen) atoms. The van der Waals surface area contributed by atoms with Crippen LogP contribution in [0.3, 0.4) is 0 Å². The Bertz CT molecular complexity index is 1400. The van der Waals surface area contributed by atoms with Crippen LogP contribution in [-0.4, -0.2) is 36.8 Å². The first-order valence-electron chi connectivity index (χ1n) is 11.6. The van der Waals surface area contributed by atoms with Crippen LogP contribution in [0.2, 0.25) is 0 Å². The van der Waals surface area contributed by atoms with E-state index in [1.807, 2.05) is 37.4 Å². The van der Waals surface area contributed by atoms with Gasteiger partial charge in [0.05, 0.1) is 17.7 Å². The van der Waals surface area contributed by atoms with E-state index in [1.54, 1.807) is 21.6 Å². The number of imidazole rings is 1. The SMILES string of the molecule is CCn1nc(-c2ccc(-n3cnc(C4CC4)c3)c(F)c2)nc1Nc1ccc2c(c1)CCNC2=O. The van der Waals surface area contributed by atoms with Crippen molar-refractivity contribution in [1.82, 2.24) is 29.6 Å². The first-order valence-corrected chi connectivity index (χ1v) is 11.6. The summed E-state index contributed by atoms with van der Waals surface area (Å²) in [6, 6.07) is 10.7. The fourth-order valence-corrected chi connectivity index (χ4v) is 4.33. The zero-order valence-corrected chi connectivity index (χ0v) is 18.8. The molecule has 1 fully saturated rings. The van der Waals surface area contributed by atoms with E-state index in [9.17, 15) is 4.79 Å². The van der Waals surface area contributed by atoms with Gasteiger partial charge >= 0.3 is 0 Å². The number of anilines is 2. The molecule has 2 N–H and O–H groups in total. The number of nitrogens with zero attached hydrogens (tertiary/aromatic N) is 5. The van der Waals surface area contributed by atoms with E-state index in [0.717, 1.165) is 36.2 Å². The molecule has 1 saturated carbocycles. The molecule has 0 radical (unpaired) electrons. The lowest BCUT2D eigenvalue weighted by Crippen LogP contribution is -2.31. The molecule has 1 aliphatic heterocycles. The average Bonchev–Trinajstić information content (AvgIpc) is 3.43. The lowest BCUT2D eigenvalue weighted by molar-refractivity contribution is 0.0946. The number of aromatic nitrogens is 5. The lowest BCUT2D eigenvalue weighted by atomic mass is 10.00. The van der Waals surface area contributed by atoms with Crippen molar-refractivity contribution in [3.05, 3.63) is 71.6 Å². The van der Waals surface area contributed by atoms with Crippen molar-refractivity contribution in [2.75, 3.05) is 11.9 Å². The van der Waals surface area contributed by atoms with Crippen LogP contribution in [0.25, 0.3) is 17.1 Å². The van der Waals surface area contributed by atoms with Crippen molar-refractivity contribution in [2.45, 2.75) is 38.6 Å². The molecule has 0 atom stereocenters. The highest BCUT2D eigenvalue weighted by Gasteiger charge is 2.26. The fraction of sp³-hybridized carbons (Fsp3) is 0.280. The summed E-state index contributed by atoms with van der Waals surface area (Å²) in [5.41, 5.74) is 4.60. The number of hydrogen-bond donors (Lipinski definition) is 2. The van der Waals surface area contributed by atoms with Crippen LogP contribution in [0.1, 0.15) is 47.3 Å². The van der Waals surface area contributed by atoms with E-state index < -0.39 is 0 Å². The minimum absolute atomic E-state index is 0.0447. The maximum atomic E-state index is 15.0. The maximum Gasteiger partial charge on any atom is 0.251 e. The average molecular weight is 458 g/mol. The van der Waals surface area contributed by atoms with Gasteiger partial charge in [0.2, 0.25) is 5.95 Å². The molecule has 2 aromatic heterocycles. The number of hydrogen-bond acceptors (Lipinski definition) is 5. The summed E-state index contributed by atoms with van der Waals surface area (Å²) in [6.45, 7) is 3.20. The molecule has 0 bridgehead atoms. The Kier molecular flexibility index (Phi) is 4.90. The minimum atomic E-state index is -0.354. The summed E-state index contributed by atoms with van der Waals surface area (Å²) < 4.78 is 18.5. The molecule has 0 saturated heterocycles. The number of nitrogens with one attached hydrogen (secondary N) is 2. The number of rotatable bonds is 6. The van der Waals surface area contributed by atoms with Gasteiger partial charge in [0.1, 0.15) is 5.82 Å².